The third-order valence-corrected chi connectivity index (χ3v) is 7.42. The first-order chi connectivity index (χ1) is 12.8. The molecule has 0 aliphatic carbocycles. The van der Waals surface area contributed by atoms with Gasteiger partial charge in [-0.2, -0.15) is 0 Å². The molecule has 10 heteroatoms. The van der Waals surface area contributed by atoms with Crippen LogP contribution in [0.15, 0.2) is 47.4 Å². The zero-order chi connectivity index (χ0) is 19.6. The van der Waals surface area contributed by atoms with Crippen molar-refractivity contribution in [1.29, 1.82) is 0 Å². The van der Waals surface area contributed by atoms with Crippen LogP contribution in [-0.4, -0.2) is 48.0 Å². The molecule has 2 aromatic carbocycles. The van der Waals surface area contributed by atoms with E-state index in [9.17, 15) is 17.4 Å². The number of benzene rings is 2. The molecule has 0 saturated carbocycles. The number of carbonyl (C=O) groups excluding carboxylic acids is 1. The molecule has 1 N–H and O–H groups in total. The largest absolute Gasteiger partial charge is 0.337 e. The first-order valence-corrected chi connectivity index (χ1v) is 11.7. The first kappa shape index (κ1) is 20.1. The van der Waals surface area contributed by atoms with Crippen molar-refractivity contribution in [3.8, 4) is 0 Å². The van der Waals surface area contributed by atoms with Crippen molar-refractivity contribution in [2.45, 2.75) is 4.90 Å². The highest BCUT2D eigenvalue weighted by atomic mass is 35.5. The smallest absolute Gasteiger partial charge is 0.261 e. The molecule has 1 saturated heterocycles. The van der Waals surface area contributed by atoms with Gasteiger partial charge in [-0.1, -0.05) is 29.3 Å². The van der Waals surface area contributed by atoms with E-state index in [2.05, 4.69) is 4.72 Å². The minimum atomic E-state index is -3.89. The van der Waals surface area contributed by atoms with Crippen molar-refractivity contribution in [2.75, 3.05) is 29.3 Å². The second-order valence-corrected chi connectivity index (χ2v) is 10.1. The summed E-state index contributed by atoms with van der Waals surface area (Å²) >= 11 is 11.7. The number of hydrogen-bond donors (Lipinski definition) is 1. The Bertz CT molecular complexity index is 1000. The van der Waals surface area contributed by atoms with Gasteiger partial charge in [0, 0.05) is 46.6 Å². The van der Waals surface area contributed by atoms with Crippen LogP contribution in [-0.2, 0) is 20.8 Å². The molecule has 0 aromatic heterocycles. The SMILES string of the molecule is O=C(c1cccc(NS(=O)(=O)c2ccc(Cl)c(Cl)c2)c1)N1CCS(=O)CC1. The molecular formula is C17H16Cl2N2O4S2. The molecule has 0 radical (unpaired) electrons. The van der Waals surface area contributed by atoms with Crippen LogP contribution in [0.25, 0.3) is 0 Å². The number of sulfonamides is 1. The molecule has 0 bridgehead atoms. The Balaban J connectivity index is 1.80. The summed E-state index contributed by atoms with van der Waals surface area (Å²) in [6.07, 6.45) is 0. The van der Waals surface area contributed by atoms with E-state index in [1.807, 2.05) is 0 Å². The van der Waals surface area contributed by atoms with E-state index in [0.717, 1.165) is 0 Å². The number of nitrogens with zero attached hydrogens (tertiary/aromatic N) is 1. The second-order valence-electron chi connectivity index (χ2n) is 5.90. The number of rotatable bonds is 4. The molecule has 3 rings (SSSR count). The molecule has 27 heavy (non-hydrogen) atoms. The van der Waals surface area contributed by atoms with Crippen LogP contribution < -0.4 is 4.72 Å². The van der Waals surface area contributed by atoms with Crippen molar-refractivity contribution >= 4 is 55.6 Å². The van der Waals surface area contributed by atoms with Crippen LogP contribution in [0.5, 0.6) is 0 Å². The quantitative estimate of drug-likeness (QED) is 0.781. The van der Waals surface area contributed by atoms with Crippen LogP contribution in [0.3, 0.4) is 0 Å². The van der Waals surface area contributed by atoms with E-state index in [0.29, 0.717) is 30.2 Å². The highest BCUT2D eigenvalue weighted by Gasteiger charge is 2.22. The fourth-order valence-electron chi connectivity index (χ4n) is 2.60. The van der Waals surface area contributed by atoms with Crippen molar-refractivity contribution in [3.63, 3.8) is 0 Å². The minimum absolute atomic E-state index is 0.0351. The molecule has 6 nitrogen and oxygen atoms in total. The Kier molecular flexibility index (Phi) is 6.10. The summed E-state index contributed by atoms with van der Waals surface area (Å²) in [5.41, 5.74) is 0.615. The molecular weight excluding hydrogens is 431 g/mol. The highest BCUT2D eigenvalue weighted by molar-refractivity contribution is 7.92. The van der Waals surface area contributed by atoms with Gasteiger partial charge in [0.05, 0.1) is 14.9 Å². The zero-order valence-corrected chi connectivity index (χ0v) is 17.2. The number of halogens is 2. The van der Waals surface area contributed by atoms with Crippen LogP contribution in [0.2, 0.25) is 10.0 Å². The molecule has 1 aliphatic rings. The summed E-state index contributed by atoms with van der Waals surface area (Å²) in [6.45, 7) is 0.843. The lowest BCUT2D eigenvalue weighted by atomic mass is 10.2. The van der Waals surface area contributed by atoms with Gasteiger partial charge in [-0.3, -0.25) is 13.7 Å². The fraction of sp³-hybridized carbons (Fsp3) is 0.235. The highest BCUT2D eigenvalue weighted by Crippen LogP contribution is 2.26. The molecule has 0 spiro atoms. The van der Waals surface area contributed by atoms with E-state index >= 15 is 0 Å². The number of anilines is 1. The van der Waals surface area contributed by atoms with E-state index in [1.54, 1.807) is 23.1 Å². The Morgan fingerprint density at radius 1 is 1.04 bits per heavy atom. The van der Waals surface area contributed by atoms with Crippen LogP contribution in [0.1, 0.15) is 10.4 Å². The lowest BCUT2D eigenvalue weighted by Crippen LogP contribution is -2.41. The standard InChI is InChI=1S/C17H16Cl2N2O4S2/c18-15-5-4-14(11-16(15)19)27(24,25)20-13-3-1-2-12(10-13)17(22)21-6-8-26(23)9-7-21/h1-5,10-11,20H,6-9H2. The van der Waals surface area contributed by atoms with E-state index < -0.39 is 20.8 Å². The first-order valence-electron chi connectivity index (χ1n) is 7.98. The molecule has 144 valence electrons. The molecule has 1 fully saturated rings. The maximum absolute atomic E-state index is 12.6. The van der Waals surface area contributed by atoms with Gasteiger partial charge in [0.15, 0.2) is 0 Å². The predicted octanol–water partition coefficient (Wildman–Crippen LogP) is 3.00. The zero-order valence-electron chi connectivity index (χ0n) is 14.0. The van der Waals surface area contributed by atoms with Crippen molar-refractivity contribution in [1.82, 2.24) is 4.90 Å². The summed E-state index contributed by atoms with van der Waals surface area (Å²) in [4.78, 5) is 14.2. The third kappa shape index (κ3) is 4.82. The topological polar surface area (TPSA) is 83.6 Å². The summed E-state index contributed by atoms with van der Waals surface area (Å²) in [5.74, 6) is 0.687. The Hall–Kier alpha value is -1.61. The Morgan fingerprint density at radius 3 is 2.41 bits per heavy atom. The number of hydrogen-bond acceptors (Lipinski definition) is 4. The average Bonchev–Trinajstić information content (AvgIpc) is 2.64. The normalized spacial score (nSPS) is 15.6. The van der Waals surface area contributed by atoms with Gasteiger partial charge < -0.3 is 4.90 Å². The maximum Gasteiger partial charge on any atom is 0.261 e. The lowest BCUT2D eigenvalue weighted by Gasteiger charge is -2.26. The summed E-state index contributed by atoms with van der Waals surface area (Å²) in [6, 6.07) is 10.3. The summed E-state index contributed by atoms with van der Waals surface area (Å²) in [7, 11) is -4.77. The van der Waals surface area contributed by atoms with Crippen LogP contribution >= 0.6 is 23.2 Å². The molecule has 1 aliphatic heterocycles. The predicted molar refractivity (Wildman–Crippen MR) is 107 cm³/mol. The van der Waals surface area contributed by atoms with Gasteiger partial charge in [0.25, 0.3) is 15.9 Å². The van der Waals surface area contributed by atoms with Gasteiger partial charge >= 0.3 is 0 Å². The maximum atomic E-state index is 12.6. The third-order valence-electron chi connectivity index (χ3n) is 4.03. The minimum Gasteiger partial charge on any atom is -0.337 e. The van der Waals surface area contributed by atoms with E-state index in [4.69, 9.17) is 23.2 Å². The van der Waals surface area contributed by atoms with E-state index in [1.165, 1.54) is 24.3 Å². The van der Waals surface area contributed by atoms with Crippen molar-refractivity contribution < 1.29 is 17.4 Å². The molecule has 0 unspecified atom stereocenters. The monoisotopic (exact) mass is 446 g/mol. The summed E-state index contributed by atoms with van der Waals surface area (Å²) < 4.78 is 39.0. The van der Waals surface area contributed by atoms with Crippen LogP contribution in [0, 0.1) is 0 Å². The summed E-state index contributed by atoms with van der Waals surface area (Å²) in [5, 5.41) is 0.386. The Morgan fingerprint density at radius 2 is 1.74 bits per heavy atom. The van der Waals surface area contributed by atoms with Crippen LogP contribution in [0.4, 0.5) is 5.69 Å². The fourth-order valence-corrected chi connectivity index (χ4v) is 5.09. The number of carbonyl (C=O) groups is 1. The number of nitrogens with one attached hydrogen (secondary N) is 1. The number of amides is 1. The second kappa shape index (κ2) is 8.18. The van der Waals surface area contributed by atoms with E-state index in [-0.39, 0.29) is 26.5 Å². The lowest BCUT2D eigenvalue weighted by molar-refractivity contribution is 0.0771. The molecule has 1 amide bonds. The van der Waals surface area contributed by atoms with Gasteiger partial charge in [-0.05, 0) is 36.4 Å². The average molecular weight is 447 g/mol. The van der Waals surface area contributed by atoms with Gasteiger partial charge in [-0.15, -0.1) is 0 Å². The molecule has 2 aromatic rings. The Labute approximate surface area is 170 Å². The van der Waals surface area contributed by atoms with Gasteiger partial charge in [0.1, 0.15) is 0 Å². The van der Waals surface area contributed by atoms with Crippen molar-refractivity contribution in [2.24, 2.45) is 0 Å². The van der Waals surface area contributed by atoms with Gasteiger partial charge in [0.2, 0.25) is 0 Å². The molecule has 0 atom stereocenters. The van der Waals surface area contributed by atoms with Gasteiger partial charge in [-0.25, -0.2) is 8.42 Å². The molecule has 1 heterocycles. The van der Waals surface area contributed by atoms with Crippen molar-refractivity contribution in [3.05, 3.63) is 58.1 Å².